The molecule has 0 bridgehead atoms. The van der Waals surface area contributed by atoms with Gasteiger partial charge in [-0.05, 0) is 94.4 Å². The molecule has 3 N–H and O–H groups in total. The highest BCUT2D eigenvalue weighted by Crippen LogP contribution is 2.71. The Morgan fingerprint density at radius 1 is 0.978 bits per heavy atom. The maximum Gasteiger partial charge on any atom is 0.331 e. The van der Waals surface area contributed by atoms with Crippen molar-refractivity contribution in [3.05, 3.63) is 64.2 Å². The molecule has 46 heavy (non-hydrogen) atoms. The van der Waals surface area contributed by atoms with Crippen molar-refractivity contribution >= 4 is 35.4 Å². The minimum absolute atomic E-state index is 0.0268. The van der Waals surface area contributed by atoms with Gasteiger partial charge in [-0.25, -0.2) is 9.59 Å². The molecule has 1 aromatic rings. The lowest BCUT2D eigenvalue weighted by Crippen LogP contribution is -2.78. The van der Waals surface area contributed by atoms with Crippen LogP contribution in [-0.2, 0) is 23.9 Å². The number of hydrogen-bond donors (Lipinski definition) is 3. The molecule has 0 aromatic heterocycles. The molecule has 250 valence electrons. The average molecular weight is 655 g/mol. The van der Waals surface area contributed by atoms with E-state index < -0.39 is 57.4 Å². The van der Waals surface area contributed by atoms with Crippen LogP contribution in [0.3, 0.4) is 0 Å². The van der Waals surface area contributed by atoms with Gasteiger partial charge < -0.3 is 24.8 Å². The van der Waals surface area contributed by atoms with Gasteiger partial charge in [0.25, 0.3) is 0 Å². The Hall–Kier alpha value is -2.78. The van der Waals surface area contributed by atoms with Crippen molar-refractivity contribution in [1.29, 1.82) is 0 Å². The lowest BCUT2D eigenvalue weighted by atomic mass is 9.42. The Kier molecular flexibility index (Phi) is 9.04. The third-order valence-corrected chi connectivity index (χ3v) is 12.5. The molecule has 8 atom stereocenters. The van der Waals surface area contributed by atoms with E-state index in [0.717, 1.165) is 16.7 Å². The highest BCUT2D eigenvalue weighted by Gasteiger charge is 2.81. The molecular weight excluding hydrogens is 608 g/mol. The van der Waals surface area contributed by atoms with Crippen LogP contribution in [0.15, 0.2) is 53.6 Å². The third-order valence-electron chi connectivity index (χ3n) is 12.2. The zero-order valence-corrected chi connectivity index (χ0v) is 28.4. The van der Waals surface area contributed by atoms with Crippen LogP contribution >= 0.6 is 11.6 Å². The summed E-state index contributed by atoms with van der Waals surface area (Å²) in [6, 6.07) is 7.11. The summed E-state index contributed by atoms with van der Waals surface area (Å²) in [5.74, 6) is -2.04. The summed E-state index contributed by atoms with van der Waals surface area (Å²) in [7, 11) is 0. The van der Waals surface area contributed by atoms with Crippen molar-refractivity contribution < 1.29 is 39.2 Å². The number of benzene rings is 1. The fourth-order valence-corrected chi connectivity index (χ4v) is 9.05. The number of carbonyl (C=O) groups is 3. The van der Waals surface area contributed by atoms with Crippen LogP contribution in [0, 0.1) is 22.7 Å². The molecule has 3 fully saturated rings. The van der Waals surface area contributed by atoms with Gasteiger partial charge in [0.1, 0.15) is 29.0 Å². The van der Waals surface area contributed by atoms with Crippen LogP contribution in [0.4, 0.5) is 0 Å². The molecule has 0 aliphatic heterocycles. The second kappa shape index (κ2) is 12.0. The SMILES string of the molecule is CC(=O)[C@]1(O)CC[C@@]2(O)[C@]1(C)[C@H](OC(=O)/C=C(\C)C(C)C)CC1[C@@]3(C)CC[C@H](OC(=O)/C=C/c4ccc(Cl)cc4)CC3=CC[C@]12O. The van der Waals surface area contributed by atoms with Crippen LogP contribution in [0.25, 0.3) is 6.08 Å². The summed E-state index contributed by atoms with van der Waals surface area (Å²) in [5.41, 5.74) is -5.24. The van der Waals surface area contributed by atoms with E-state index in [9.17, 15) is 29.7 Å². The molecule has 8 nitrogen and oxygen atoms in total. The van der Waals surface area contributed by atoms with Gasteiger partial charge in [-0.2, -0.15) is 0 Å². The van der Waals surface area contributed by atoms with Crippen molar-refractivity contribution in [3.63, 3.8) is 0 Å². The van der Waals surface area contributed by atoms with Crippen molar-refractivity contribution in [3.8, 4) is 0 Å². The molecule has 9 heteroatoms. The third kappa shape index (κ3) is 5.29. The fourth-order valence-electron chi connectivity index (χ4n) is 8.93. The number of allylic oxidation sites excluding steroid dienone is 1. The number of esters is 2. The molecule has 4 aliphatic carbocycles. The normalized spacial score (nSPS) is 38.9. The first-order chi connectivity index (χ1) is 21.4. The first kappa shape index (κ1) is 34.6. The number of Topliss-reactive ketones (excluding diaryl/α,β-unsaturated/α-hetero) is 1. The number of hydrogen-bond acceptors (Lipinski definition) is 8. The Morgan fingerprint density at radius 3 is 2.28 bits per heavy atom. The Labute approximate surface area is 276 Å². The molecule has 1 unspecified atom stereocenters. The highest BCUT2D eigenvalue weighted by molar-refractivity contribution is 6.30. The highest BCUT2D eigenvalue weighted by atomic mass is 35.5. The van der Waals surface area contributed by atoms with E-state index in [1.165, 1.54) is 19.1 Å². The van der Waals surface area contributed by atoms with Crippen molar-refractivity contribution in [2.45, 2.75) is 115 Å². The predicted molar refractivity (Wildman–Crippen MR) is 174 cm³/mol. The largest absolute Gasteiger partial charge is 0.459 e. The number of carbonyl (C=O) groups excluding carboxylic acids is 3. The molecule has 0 heterocycles. The Balaban J connectivity index is 1.44. The van der Waals surface area contributed by atoms with Gasteiger partial charge in [0.2, 0.25) is 0 Å². The predicted octanol–water partition coefficient (Wildman–Crippen LogP) is 5.90. The minimum atomic E-state index is -2.00. The smallest absolute Gasteiger partial charge is 0.331 e. The van der Waals surface area contributed by atoms with Crippen molar-refractivity contribution in [2.75, 3.05) is 0 Å². The van der Waals surface area contributed by atoms with E-state index >= 15 is 0 Å². The number of ketones is 1. The zero-order chi connectivity index (χ0) is 33.9. The fraction of sp³-hybridized carbons (Fsp3) is 0.595. The minimum Gasteiger partial charge on any atom is -0.459 e. The molecule has 3 saturated carbocycles. The van der Waals surface area contributed by atoms with Crippen LogP contribution in [0.2, 0.25) is 5.02 Å². The Morgan fingerprint density at radius 2 is 1.65 bits per heavy atom. The molecule has 0 saturated heterocycles. The molecule has 5 rings (SSSR count). The van der Waals surface area contributed by atoms with Crippen LogP contribution in [-0.4, -0.2) is 62.1 Å². The maximum atomic E-state index is 13.3. The number of halogens is 1. The quantitative estimate of drug-likeness (QED) is 0.188. The van der Waals surface area contributed by atoms with Gasteiger partial charge in [-0.1, -0.05) is 61.7 Å². The van der Waals surface area contributed by atoms with Crippen molar-refractivity contribution in [1.82, 2.24) is 0 Å². The maximum absolute atomic E-state index is 13.3. The van der Waals surface area contributed by atoms with Crippen molar-refractivity contribution in [2.24, 2.45) is 22.7 Å². The molecule has 0 spiro atoms. The topological polar surface area (TPSA) is 130 Å². The van der Waals surface area contributed by atoms with E-state index in [-0.39, 0.29) is 37.7 Å². The number of fused-ring (bicyclic) bond motifs is 5. The molecular formula is C37H47ClO8. The first-order valence-corrected chi connectivity index (χ1v) is 16.7. The van der Waals surface area contributed by atoms with E-state index in [4.69, 9.17) is 21.1 Å². The molecule has 4 aliphatic rings. The second-order valence-corrected chi connectivity index (χ2v) is 15.1. The molecule has 0 radical (unpaired) electrons. The second-order valence-electron chi connectivity index (χ2n) is 14.7. The van der Waals surface area contributed by atoms with E-state index in [1.807, 2.05) is 45.9 Å². The number of aliphatic hydroxyl groups is 3. The number of rotatable bonds is 7. The van der Waals surface area contributed by atoms with Gasteiger partial charge in [0, 0.05) is 29.5 Å². The van der Waals surface area contributed by atoms with Crippen LogP contribution < -0.4 is 0 Å². The Bertz CT molecular complexity index is 1490. The summed E-state index contributed by atoms with van der Waals surface area (Å²) >= 11 is 5.95. The summed E-state index contributed by atoms with van der Waals surface area (Å²) < 4.78 is 11.9. The van der Waals surface area contributed by atoms with Gasteiger partial charge in [-0.15, -0.1) is 0 Å². The van der Waals surface area contributed by atoms with E-state index in [1.54, 1.807) is 25.1 Å². The van der Waals surface area contributed by atoms with E-state index in [2.05, 4.69) is 0 Å². The summed E-state index contributed by atoms with van der Waals surface area (Å²) in [6.45, 7) is 10.7. The van der Waals surface area contributed by atoms with Gasteiger partial charge in [-0.3, -0.25) is 4.79 Å². The summed E-state index contributed by atoms with van der Waals surface area (Å²) in [4.78, 5) is 39.0. The summed E-state index contributed by atoms with van der Waals surface area (Å²) in [6.07, 6.45) is 6.73. The monoisotopic (exact) mass is 654 g/mol. The lowest BCUT2D eigenvalue weighted by Gasteiger charge is -2.67. The standard InChI is InChI=1S/C37H47ClO8/c1-22(2)23(3)19-32(41)46-30-21-29-33(5)15-14-28(45-31(40)12-9-25-7-10-27(38)11-8-25)20-26(33)13-16-36(29,43)37(44)18-17-35(42,24(4)39)34(30,37)6/h7-13,19,22,28-30,42-44H,14-18,20-21H2,1-6H3/b12-9+,23-19+/t28-,29?,30+,33-,34+,35+,36-,37+/m0/s1. The summed E-state index contributed by atoms with van der Waals surface area (Å²) in [5, 5.41) is 37.7. The van der Waals surface area contributed by atoms with Gasteiger partial charge in [0.15, 0.2) is 5.78 Å². The number of ether oxygens (including phenoxy) is 2. The van der Waals surface area contributed by atoms with Crippen LogP contribution in [0.5, 0.6) is 0 Å². The zero-order valence-electron chi connectivity index (χ0n) is 27.6. The van der Waals surface area contributed by atoms with E-state index in [0.29, 0.717) is 24.3 Å². The first-order valence-electron chi connectivity index (χ1n) is 16.3. The molecule has 0 amide bonds. The van der Waals surface area contributed by atoms with Gasteiger partial charge >= 0.3 is 11.9 Å². The van der Waals surface area contributed by atoms with Crippen LogP contribution in [0.1, 0.15) is 92.1 Å². The van der Waals surface area contributed by atoms with Gasteiger partial charge in [0.05, 0.1) is 5.41 Å². The average Bonchev–Trinajstić information content (AvgIpc) is 3.22. The molecule has 1 aromatic carbocycles. The lowest BCUT2D eigenvalue weighted by molar-refractivity contribution is -0.314.